The summed E-state index contributed by atoms with van der Waals surface area (Å²) < 4.78 is 11.6. The van der Waals surface area contributed by atoms with E-state index in [4.69, 9.17) is 14.3 Å². The van der Waals surface area contributed by atoms with Gasteiger partial charge in [-0.15, -0.1) is 0 Å². The van der Waals surface area contributed by atoms with E-state index in [-0.39, 0.29) is 23.8 Å². The molecule has 2 fully saturated rings. The summed E-state index contributed by atoms with van der Waals surface area (Å²) in [6, 6.07) is 6.02. The van der Waals surface area contributed by atoms with E-state index in [2.05, 4.69) is 0 Å². The zero-order valence-electron chi connectivity index (χ0n) is 14.1. The molecule has 2 aliphatic rings. The molecular formula is C18H25NO4. The van der Waals surface area contributed by atoms with Crippen LogP contribution in [0.4, 0.5) is 0 Å². The summed E-state index contributed by atoms with van der Waals surface area (Å²) in [4.78, 5) is 17.1. The largest absolute Gasteiger partial charge is 0.493 e. The predicted molar refractivity (Wildman–Crippen MR) is 86.5 cm³/mol. The Hall–Kier alpha value is -1.75. The summed E-state index contributed by atoms with van der Waals surface area (Å²) in [5, 5.41) is 1.31. The van der Waals surface area contributed by atoms with Gasteiger partial charge in [0.25, 0.3) is 0 Å². The van der Waals surface area contributed by atoms with Crippen LogP contribution in [0.25, 0.3) is 0 Å². The fraction of sp³-hybridized carbons (Fsp3) is 0.611. The number of rotatable bonds is 6. The number of hydroxylamine groups is 2. The van der Waals surface area contributed by atoms with E-state index >= 15 is 0 Å². The lowest BCUT2D eigenvalue weighted by Crippen LogP contribution is -2.27. The first-order valence-corrected chi connectivity index (χ1v) is 8.30. The standard InChI is InChI=1S/C18H25NO4/c1-19(22-3)18(20)15-11-14(15)12-8-9-16(21-2)17(10-12)23-13-6-4-5-7-13/h8-10,13-15H,4-7,11H2,1-3H3. The summed E-state index contributed by atoms with van der Waals surface area (Å²) >= 11 is 0. The highest BCUT2D eigenvalue weighted by Gasteiger charge is 2.45. The molecule has 0 saturated heterocycles. The maximum absolute atomic E-state index is 12.2. The molecule has 1 aromatic carbocycles. The predicted octanol–water partition coefficient (Wildman–Crippen LogP) is 3.14. The average Bonchev–Trinajstić information content (AvgIpc) is 3.22. The Bertz CT molecular complexity index is 568. The molecule has 0 radical (unpaired) electrons. The minimum absolute atomic E-state index is 0.00711. The number of benzene rings is 1. The van der Waals surface area contributed by atoms with Gasteiger partial charge in [0.05, 0.1) is 20.3 Å². The summed E-state index contributed by atoms with van der Waals surface area (Å²) in [5.41, 5.74) is 1.14. The van der Waals surface area contributed by atoms with Crippen LogP contribution in [0.5, 0.6) is 11.5 Å². The van der Waals surface area contributed by atoms with Crippen molar-refractivity contribution in [1.29, 1.82) is 0 Å². The van der Waals surface area contributed by atoms with Crippen LogP contribution in [0.2, 0.25) is 0 Å². The van der Waals surface area contributed by atoms with Gasteiger partial charge in [-0.05, 0) is 55.7 Å². The van der Waals surface area contributed by atoms with E-state index in [9.17, 15) is 4.79 Å². The van der Waals surface area contributed by atoms with Crippen LogP contribution in [-0.2, 0) is 9.63 Å². The number of carbonyl (C=O) groups is 1. The zero-order valence-corrected chi connectivity index (χ0v) is 14.1. The lowest BCUT2D eigenvalue weighted by atomic mass is 10.1. The number of amides is 1. The summed E-state index contributed by atoms with van der Waals surface area (Å²) in [6.07, 6.45) is 5.83. The smallest absolute Gasteiger partial charge is 0.249 e. The van der Waals surface area contributed by atoms with Crippen molar-refractivity contribution in [2.24, 2.45) is 5.92 Å². The third kappa shape index (κ3) is 3.44. The molecule has 126 valence electrons. The van der Waals surface area contributed by atoms with Crippen molar-refractivity contribution in [3.63, 3.8) is 0 Å². The van der Waals surface area contributed by atoms with Crippen LogP contribution < -0.4 is 9.47 Å². The quantitative estimate of drug-likeness (QED) is 0.756. The molecule has 0 bridgehead atoms. The first kappa shape index (κ1) is 16.1. The van der Waals surface area contributed by atoms with Gasteiger partial charge in [0, 0.05) is 13.0 Å². The van der Waals surface area contributed by atoms with E-state index in [0.717, 1.165) is 36.3 Å². The van der Waals surface area contributed by atoms with E-state index in [1.165, 1.54) is 25.0 Å². The Morgan fingerprint density at radius 2 is 1.91 bits per heavy atom. The Balaban J connectivity index is 1.72. The van der Waals surface area contributed by atoms with Gasteiger partial charge in [-0.1, -0.05) is 6.07 Å². The number of ether oxygens (including phenoxy) is 2. The second-order valence-corrected chi connectivity index (χ2v) is 6.40. The van der Waals surface area contributed by atoms with Gasteiger partial charge in [-0.2, -0.15) is 0 Å². The van der Waals surface area contributed by atoms with Crippen LogP contribution in [0.15, 0.2) is 18.2 Å². The highest BCUT2D eigenvalue weighted by Crippen LogP contribution is 2.50. The molecule has 5 heteroatoms. The van der Waals surface area contributed by atoms with Gasteiger partial charge >= 0.3 is 0 Å². The van der Waals surface area contributed by atoms with Crippen molar-refractivity contribution in [2.75, 3.05) is 21.3 Å². The van der Waals surface area contributed by atoms with Crippen molar-refractivity contribution in [2.45, 2.75) is 44.1 Å². The van der Waals surface area contributed by atoms with E-state index in [1.807, 2.05) is 18.2 Å². The first-order valence-electron chi connectivity index (χ1n) is 8.30. The molecule has 0 spiro atoms. The van der Waals surface area contributed by atoms with Gasteiger partial charge in [-0.3, -0.25) is 9.63 Å². The normalized spacial score (nSPS) is 23.6. The van der Waals surface area contributed by atoms with Crippen molar-refractivity contribution < 1.29 is 19.1 Å². The number of hydrogen-bond donors (Lipinski definition) is 0. The van der Waals surface area contributed by atoms with Crippen LogP contribution in [0.1, 0.15) is 43.6 Å². The highest BCUT2D eigenvalue weighted by atomic mass is 16.7. The molecule has 2 atom stereocenters. The molecule has 23 heavy (non-hydrogen) atoms. The second kappa shape index (κ2) is 6.79. The lowest BCUT2D eigenvalue weighted by Gasteiger charge is -2.17. The number of hydrogen-bond acceptors (Lipinski definition) is 4. The number of methoxy groups -OCH3 is 1. The number of nitrogens with zero attached hydrogens (tertiary/aromatic N) is 1. The fourth-order valence-electron chi connectivity index (χ4n) is 3.36. The van der Waals surface area contributed by atoms with Crippen LogP contribution in [0, 0.1) is 5.92 Å². The third-order valence-corrected chi connectivity index (χ3v) is 4.90. The van der Waals surface area contributed by atoms with Gasteiger partial charge in [0.15, 0.2) is 11.5 Å². The maximum atomic E-state index is 12.2. The van der Waals surface area contributed by atoms with E-state index < -0.39 is 0 Å². The second-order valence-electron chi connectivity index (χ2n) is 6.40. The molecule has 0 aliphatic heterocycles. The molecule has 1 amide bonds. The van der Waals surface area contributed by atoms with Crippen molar-refractivity contribution >= 4 is 5.91 Å². The van der Waals surface area contributed by atoms with E-state index in [0.29, 0.717) is 0 Å². The highest BCUT2D eigenvalue weighted by molar-refractivity contribution is 5.82. The van der Waals surface area contributed by atoms with Gasteiger partial charge < -0.3 is 9.47 Å². The van der Waals surface area contributed by atoms with Crippen LogP contribution >= 0.6 is 0 Å². The molecule has 1 aromatic rings. The SMILES string of the molecule is COc1ccc(C2CC2C(=O)N(C)OC)cc1OC1CCCC1. The molecule has 2 saturated carbocycles. The minimum Gasteiger partial charge on any atom is -0.493 e. The molecule has 0 aromatic heterocycles. The van der Waals surface area contributed by atoms with Crippen LogP contribution in [-0.4, -0.2) is 38.3 Å². The first-order chi connectivity index (χ1) is 11.1. The molecule has 2 aliphatic carbocycles. The molecule has 5 nitrogen and oxygen atoms in total. The zero-order chi connectivity index (χ0) is 16.4. The van der Waals surface area contributed by atoms with E-state index in [1.54, 1.807) is 14.2 Å². The molecular weight excluding hydrogens is 294 g/mol. The molecule has 2 unspecified atom stereocenters. The van der Waals surface area contributed by atoms with Crippen molar-refractivity contribution in [3.05, 3.63) is 23.8 Å². The summed E-state index contributed by atoms with van der Waals surface area (Å²) in [6.45, 7) is 0. The Labute approximate surface area is 137 Å². The van der Waals surface area contributed by atoms with Crippen LogP contribution in [0.3, 0.4) is 0 Å². The Morgan fingerprint density at radius 3 is 2.57 bits per heavy atom. The molecule has 0 heterocycles. The number of carbonyl (C=O) groups excluding carboxylic acids is 1. The van der Waals surface area contributed by atoms with Crippen molar-refractivity contribution in [1.82, 2.24) is 5.06 Å². The van der Waals surface area contributed by atoms with Crippen molar-refractivity contribution in [3.8, 4) is 11.5 Å². The Morgan fingerprint density at radius 1 is 1.17 bits per heavy atom. The average molecular weight is 319 g/mol. The maximum Gasteiger partial charge on any atom is 0.249 e. The lowest BCUT2D eigenvalue weighted by molar-refractivity contribution is -0.170. The Kier molecular flexibility index (Phi) is 4.76. The minimum atomic E-state index is 0.00711. The summed E-state index contributed by atoms with van der Waals surface area (Å²) in [7, 11) is 4.82. The van der Waals surface area contributed by atoms with Gasteiger partial charge in [0.1, 0.15) is 0 Å². The van der Waals surface area contributed by atoms with Gasteiger partial charge in [-0.25, -0.2) is 5.06 Å². The van der Waals surface area contributed by atoms with Gasteiger partial charge in [0.2, 0.25) is 5.91 Å². The molecule has 3 rings (SSSR count). The molecule has 0 N–H and O–H groups in total. The summed E-state index contributed by atoms with van der Waals surface area (Å²) in [5.74, 6) is 1.85. The third-order valence-electron chi connectivity index (χ3n) is 4.90. The fourth-order valence-corrected chi connectivity index (χ4v) is 3.36. The monoisotopic (exact) mass is 319 g/mol. The topological polar surface area (TPSA) is 48.0 Å².